The molecule has 0 amide bonds. The van der Waals surface area contributed by atoms with Gasteiger partial charge in [0.1, 0.15) is 5.84 Å². The lowest BCUT2D eigenvalue weighted by molar-refractivity contribution is 0.284. The van der Waals surface area contributed by atoms with Crippen molar-refractivity contribution in [2.45, 2.75) is 4.90 Å². The highest BCUT2D eigenvalue weighted by molar-refractivity contribution is 7.90. The van der Waals surface area contributed by atoms with Gasteiger partial charge in [0.15, 0.2) is 9.84 Å². The molecule has 0 aromatic heterocycles. The van der Waals surface area contributed by atoms with Crippen molar-refractivity contribution in [3.63, 3.8) is 0 Å². The first-order chi connectivity index (χ1) is 10.0. The van der Waals surface area contributed by atoms with E-state index in [0.29, 0.717) is 5.84 Å². The van der Waals surface area contributed by atoms with Gasteiger partial charge in [0, 0.05) is 11.8 Å². The predicted octanol–water partition coefficient (Wildman–Crippen LogP) is 0.767. The quantitative estimate of drug-likeness (QED) is 0.850. The summed E-state index contributed by atoms with van der Waals surface area (Å²) in [5.41, 5.74) is 4.53. The summed E-state index contributed by atoms with van der Waals surface area (Å²) in [7, 11) is -3.67. The van der Waals surface area contributed by atoms with Crippen molar-refractivity contribution in [1.29, 1.82) is 0 Å². The molecule has 1 N–H and O–H groups in total. The molecule has 0 saturated heterocycles. The maximum atomic E-state index is 11.4. The zero-order valence-electron chi connectivity index (χ0n) is 11.4. The monoisotopic (exact) mass is 300 g/mol. The molecule has 3 rings (SSSR count). The Morgan fingerprint density at radius 2 is 1.71 bits per heavy atom. The smallest absolute Gasteiger partial charge is 0.300 e. The minimum absolute atomic E-state index is 0.282. The van der Waals surface area contributed by atoms with Crippen LogP contribution in [-0.2, 0) is 14.6 Å². The second-order valence-electron chi connectivity index (χ2n) is 4.76. The summed E-state index contributed by atoms with van der Waals surface area (Å²) in [5.74, 6) is 0.660. The zero-order valence-corrected chi connectivity index (χ0v) is 12.2. The van der Waals surface area contributed by atoms with Gasteiger partial charge < -0.3 is 0 Å². The van der Waals surface area contributed by atoms with Crippen LogP contribution in [0.25, 0.3) is 0 Å². The minimum atomic E-state index is -3.19. The van der Waals surface area contributed by atoms with E-state index in [4.69, 9.17) is 4.76 Å². The Morgan fingerprint density at radius 3 is 2.33 bits per heavy atom. The van der Waals surface area contributed by atoms with Gasteiger partial charge in [-0.3, -0.25) is 15.1 Å². The summed E-state index contributed by atoms with van der Waals surface area (Å²) < 4.78 is 28.3. The summed E-state index contributed by atoms with van der Waals surface area (Å²) in [5, 5.41) is 0. The number of nitrogens with one attached hydrogen (secondary N) is 1. The Labute approximate surface area is 123 Å². The zero-order chi connectivity index (χ0) is 14.9. The van der Waals surface area contributed by atoms with Gasteiger partial charge in [-0.2, -0.15) is 0 Å². The van der Waals surface area contributed by atoms with Crippen molar-refractivity contribution in [1.82, 2.24) is 5.48 Å². The molecule has 1 aliphatic rings. The lowest BCUT2D eigenvalue weighted by atomic mass is 9.75. The minimum Gasteiger partial charge on any atom is -0.300 e. The molecule has 0 radical (unpaired) electrons. The van der Waals surface area contributed by atoms with E-state index in [1.54, 1.807) is 24.3 Å². The molecule has 0 saturated carbocycles. The summed E-state index contributed by atoms with van der Waals surface area (Å²) in [6.45, 7) is 0. The normalized spacial score (nSPS) is 14.7. The standard InChI is InChI=1S/C14H13BN2O3S/c1-21(18,19)13-9-7-12(8-10-13)15-16-14(17-20-15)11-5-3-2-4-6-11/h2-10H,1H3,(H,16,17). The average Bonchev–Trinajstić information content (AvgIpc) is 2.97. The molecular formula is C14H13BN2O3S. The first kappa shape index (κ1) is 13.8. The van der Waals surface area contributed by atoms with E-state index >= 15 is 0 Å². The van der Waals surface area contributed by atoms with Crippen LogP contribution < -0.4 is 10.9 Å². The second kappa shape index (κ2) is 5.35. The van der Waals surface area contributed by atoms with Crippen molar-refractivity contribution >= 4 is 28.2 Å². The van der Waals surface area contributed by atoms with E-state index in [1.807, 2.05) is 30.3 Å². The lowest BCUT2D eigenvalue weighted by Gasteiger charge is -2.03. The molecule has 0 bridgehead atoms. The molecule has 0 aliphatic carbocycles. The number of rotatable bonds is 3. The molecule has 2 aromatic carbocycles. The number of amidine groups is 1. The fourth-order valence-electron chi connectivity index (χ4n) is 2.03. The van der Waals surface area contributed by atoms with Crippen LogP contribution in [0.4, 0.5) is 0 Å². The van der Waals surface area contributed by atoms with Crippen LogP contribution >= 0.6 is 0 Å². The fraction of sp³-hybridized carbons (Fsp3) is 0.0714. The molecule has 106 valence electrons. The van der Waals surface area contributed by atoms with E-state index in [-0.39, 0.29) is 4.90 Å². The number of sulfone groups is 1. The molecule has 0 unspecified atom stereocenters. The van der Waals surface area contributed by atoms with Crippen LogP contribution in [0.2, 0.25) is 0 Å². The molecule has 7 heteroatoms. The molecular weight excluding hydrogens is 287 g/mol. The molecule has 1 heterocycles. The van der Waals surface area contributed by atoms with E-state index in [0.717, 1.165) is 11.0 Å². The average molecular weight is 300 g/mol. The molecule has 2 aromatic rings. The summed E-state index contributed by atoms with van der Waals surface area (Å²) in [4.78, 5) is 4.74. The van der Waals surface area contributed by atoms with Crippen LogP contribution in [0.5, 0.6) is 0 Å². The Morgan fingerprint density at radius 1 is 1.05 bits per heavy atom. The van der Waals surface area contributed by atoms with Crippen LogP contribution in [0.1, 0.15) is 5.56 Å². The van der Waals surface area contributed by atoms with Crippen molar-refractivity contribution in [2.75, 3.05) is 6.26 Å². The van der Waals surface area contributed by atoms with Crippen LogP contribution in [0, 0.1) is 0 Å². The first-order valence-corrected chi connectivity index (χ1v) is 8.28. The number of hydroxylamine groups is 1. The van der Waals surface area contributed by atoms with Gasteiger partial charge in [-0.15, -0.1) is 0 Å². The molecule has 0 spiro atoms. The van der Waals surface area contributed by atoms with Crippen molar-refractivity contribution in [2.24, 2.45) is 4.90 Å². The molecule has 0 atom stereocenters. The van der Waals surface area contributed by atoms with Crippen molar-refractivity contribution < 1.29 is 13.2 Å². The third kappa shape index (κ3) is 2.98. The van der Waals surface area contributed by atoms with Crippen LogP contribution in [-0.4, -0.2) is 27.6 Å². The molecule has 5 nitrogen and oxygen atoms in total. The number of nitrogens with zero attached hydrogens (tertiary/aromatic N) is 1. The van der Waals surface area contributed by atoms with Gasteiger partial charge in [0.2, 0.25) is 0 Å². The number of hydrogen-bond acceptors (Lipinski definition) is 5. The first-order valence-electron chi connectivity index (χ1n) is 6.39. The van der Waals surface area contributed by atoms with Gasteiger partial charge in [-0.05, 0) is 17.6 Å². The third-order valence-electron chi connectivity index (χ3n) is 3.15. The lowest BCUT2D eigenvalue weighted by Crippen LogP contribution is -2.31. The summed E-state index contributed by atoms with van der Waals surface area (Å²) in [6.07, 6.45) is 1.18. The van der Waals surface area contributed by atoms with Gasteiger partial charge >= 0.3 is 7.05 Å². The highest BCUT2D eigenvalue weighted by Crippen LogP contribution is 2.09. The van der Waals surface area contributed by atoms with Gasteiger partial charge in [-0.25, -0.2) is 8.42 Å². The van der Waals surface area contributed by atoms with E-state index in [1.165, 1.54) is 6.26 Å². The van der Waals surface area contributed by atoms with Crippen LogP contribution in [0.3, 0.4) is 0 Å². The van der Waals surface area contributed by atoms with Gasteiger partial charge in [0.25, 0.3) is 0 Å². The Hall–Kier alpha value is -2.12. The van der Waals surface area contributed by atoms with Gasteiger partial charge in [0.05, 0.1) is 4.90 Å². The number of benzene rings is 2. The highest BCUT2D eigenvalue weighted by atomic mass is 32.2. The van der Waals surface area contributed by atoms with Gasteiger partial charge in [-0.1, -0.05) is 42.5 Å². The highest BCUT2D eigenvalue weighted by Gasteiger charge is 2.27. The van der Waals surface area contributed by atoms with E-state index < -0.39 is 16.9 Å². The summed E-state index contributed by atoms with van der Waals surface area (Å²) >= 11 is 0. The van der Waals surface area contributed by atoms with Crippen molar-refractivity contribution in [3.05, 3.63) is 60.2 Å². The topological polar surface area (TPSA) is 67.8 Å². The molecule has 1 aliphatic heterocycles. The molecule has 0 fully saturated rings. The van der Waals surface area contributed by atoms with Crippen molar-refractivity contribution in [3.8, 4) is 0 Å². The Balaban J connectivity index is 1.84. The maximum Gasteiger partial charge on any atom is 0.496 e. The largest absolute Gasteiger partial charge is 0.496 e. The van der Waals surface area contributed by atoms with E-state index in [9.17, 15) is 8.42 Å². The summed E-state index contributed by atoms with van der Waals surface area (Å²) in [6, 6.07) is 16.2. The Bertz CT molecular complexity index is 774. The van der Waals surface area contributed by atoms with E-state index in [2.05, 4.69) is 10.4 Å². The third-order valence-corrected chi connectivity index (χ3v) is 4.28. The van der Waals surface area contributed by atoms with Crippen LogP contribution in [0.15, 0.2) is 64.4 Å². The fourth-order valence-corrected chi connectivity index (χ4v) is 2.66. The maximum absolute atomic E-state index is 11.4. The second-order valence-corrected chi connectivity index (χ2v) is 6.77. The number of hydrogen-bond donors (Lipinski definition) is 1. The predicted molar refractivity (Wildman–Crippen MR) is 82.1 cm³/mol. The SMILES string of the molecule is CS(=O)(=O)c1ccc(B2N=C(c3ccccc3)NO2)cc1. The Kier molecular flexibility index (Phi) is 3.53. The molecule has 21 heavy (non-hydrogen) atoms.